The van der Waals surface area contributed by atoms with Crippen molar-refractivity contribution in [2.24, 2.45) is 0 Å². The first-order valence-corrected chi connectivity index (χ1v) is 8.87. The number of hydrogen-bond acceptors (Lipinski definition) is 5. The van der Waals surface area contributed by atoms with Gasteiger partial charge in [-0.3, -0.25) is 9.88 Å². The Balaban J connectivity index is 1.66. The Morgan fingerprint density at radius 3 is 3.00 bits per heavy atom. The van der Waals surface area contributed by atoms with Crippen molar-refractivity contribution in [1.29, 1.82) is 0 Å². The van der Waals surface area contributed by atoms with Gasteiger partial charge in [0, 0.05) is 37.0 Å². The van der Waals surface area contributed by atoms with Gasteiger partial charge in [-0.2, -0.15) is 11.3 Å². The Bertz CT molecular complexity index is 819. The molecule has 0 amide bonds. The van der Waals surface area contributed by atoms with Crippen molar-refractivity contribution in [3.63, 3.8) is 0 Å². The van der Waals surface area contributed by atoms with Gasteiger partial charge in [0.05, 0.1) is 5.69 Å². The molecule has 0 saturated heterocycles. The van der Waals surface area contributed by atoms with Gasteiger partial charge < -0.3 is 9.84 Å². The molecule has 24 heavy (non-hydrogen) atoms. The van der Waals surface area contributed by atoms with E-state index in [0.29, 0.717) is 12.4 Å². The number of phenols is 1. The van der Waals surface area contributed by atoms with E-state index in [2.05, 4.69) is 32.8 Å². The first kappa shape index (κ1) is 15.2. The third-order valence-electron chi connectivity index (χ3n) is 4.14. The molecule has 1 aliphatic heterocycles. The minimum Gasteiger partial charge on any atom is -0.504 e. The van der Waals surface area contributed by atoms with E-state index < -0.39 is 0 Å². The number of fused-ring (bicyclic) bond motifs is 1. The molecular formula is C19H18N2O2S. The zero-order valence-corrected chi connectivity index (χ0v) is 14.0. The van der Waals surface area contributed by atoms with Crippen LogP contribution in [0.2, 0.25) is 0 Å². The van der Waals surface area contributed by atoms with Crippen molar-refractivity contribution in [3.05, 3.63) is 64.5 Å². The monoisotopic (exact) mass is 338 g/mol. The number of benzene rings is 1. The molecule has 3 aromatic rings. The molecule has 0 aliphatic carbocycles. The van der Waals surface area contributed by atoms with Crippen molar-refractivity contribution in [2.75, 3.05) is 13.2 Å². The lowest BCUT2D eigenvalue weighted by Crippen LogP contribution is -2.24. The standard InChI is InChI=1S/C19H18N2O2S/c22-18-10-15(17-3-1-2-5-20-17)9-16-12-21(6-7-23-19(16)18)11-14-4-8-24-13-14/h1-5,8-10,13,22H,6-7,11-12H2. The van der Waals surface area contributed by atoms with Crippen LogP contribution >= 0.6 is 11.3 Å². The number of aromatic hydroxyl groups is 1. The Hall–Kier alpha value is -2.37. The summed E-state index contributed by atoms with van der Waals surface area (Å²) in [6.07, 6.45) is 1.76. The predicted octanol–water partition coefficient (Wildman–Crippen LogP) is 3.91. The molecule has 0 spiro atoms. The number of ether oxygens (including phenoxy) is 1. The fraction of sp³-hybridized carbons (Fsp3) is 0.211. The molecule has 0 unspecified atom stereocenters. The number of aromatic nitrogens is 1. The van der Waals surface area contributed by atoms with Crippen molar-refractivity contribution >= 4 is 11.3 Å². The summed E-state index contributed by atoms with van der Waals surface area (Å²) in [5, 5.41) is 14.7. The van der Waals surface area contributed by atoms with Gasteiger partial charge in [-0.05, 0) is 46.7 Å². The zero-order valence-electron chi connectivity index (χ0n) is 13.2. The van der Waals surface area contributed by atoms with Crippen LogP contribution in [0.3, 0.4) is 0 Å². The molecule has 1 aliphatic rings. The van der Waals surface area contributed by atoms with E-state index in [1.54, 1.807) is 23.6 Å². The molecule has 1 aromatic carbocycles. The van der Waals surface area contributed by atoms with Gasteiger partial charge in [0.25, 0.3) is 0 Å². The van der Waals surface area contributed by atoms with E-state index in [-0.39, 0.29) is 5.75 Å². The molecule has 0 atom stereocenters. The minimum atomic E-state index is 0.186. The number of pyridine rings is 1. The summed E-state index contributed by atoms with van der Waals surface area (Å²) < 4.78 is 5.81. The van der Waals surface area contributed by atoms with Crippen LogP contribution in [0.1, 0.15) is 11.1 Å². The van der Waals surface area contributed by atoms with Crippen LogP contribution < -0.4 is 4.74 Å². The lowest BCUT2D eigenvalue weighted by molar-refractivity contribution is 0.217. The van der Waals surface area contributed by atoms with E-state index in [9.17, 15) is 5.11 Å². The molecule has 2 aromatic heterocycles. The summed E-state index contributed by atoms with van der Waals surface area (Å²) >= 11 is 1.71. The van der Waals surface area contributed by atoms with Gasteiger partial charge >= 0.3 is 0 Å². The largest absolute Gasteiger partial charge is 0.504 e. The zero-order chi connectivity index (χ0) is 16.4. The molecular weight excluding hydrogens is 320 g/mol. The van der Waals surface area contributed by atoms with Gasteiger partial charge in [0.15, 0.2) is 11.5 Å². The third-order valence-corrected chi connectivity index (χ3v) is 4.87. The average Bonchev–Trinajstić information content (AvgIpc) is 3.01. The quantitative estimate of drug-likeness (QED) is 0.786. The Kier molecular flexibility index (Phi) is 4.19. The van der Waals surface area contributed by atoms with E-state index in [1.807, 2.05) is 18.2 Å². The summed E-state index contributed by atoms with van der Waals surface area (Å²) in [6, 6.07) is 11.7. The summed E-state index contributed by atoms with van der Waals surface area (Å²) in [6.45, 7) is 3.05. The van der Waals surface area contributed by atoms with Crippen LogP contribution in [-0.2, 0) is 13.1 Å². The lowest BCUT2D eigenvalue weighted by atomic mass is 10.0. The smallest absolute Gasteiger partial charge is 0.165 e. The second-order valence-electron chi connectivity index (χ2n) is 5.89. The first-order valence-electron chi connectivity index (χ1n) is 7.93. The normalized spacial score (nSPS) is 14.7. The number of rotatable bonds is 3. The molecule has 122 valence electrons. The number of thiophene rings is 1. The second kappa shape index (κ2) is 6.63. The molecule has 0 fully saturated rings. The van der Waals surface area contributed by atoms with Crippen molar-refractivity contribution in [3.8, 4) is 22.8 Å². The molecule has 4 rings (SSSR count). The fourth-order valence-electron chi connectivity index (χ4n) is 3.01. The molecule has 0 saturated carbocycles. The van der Waals surface area contributed by atoms with Crippen LogP contribution in [0.25, 0.3) is 11.3 Å². The maximum absolute atomic E-state index is 10.4. The van der Waals surface area contributed by atoms with E-state index in [1.165, 1.54) is 5.56 Å². The summed E-state index contributed by atoms with van der Waals surface area (Å²) in [7, 11) is 0. The molecule has 0 radical (unpaired) electrons. The van der Waals surface area contributed by atoms with Crippen LogP contribution in [0.4, 0.5) is 0 Å². The highest BCUT2D eigenvalue weighted by Crippen LogP contribution is 2.37. The van der Waals surface area contributed by atoms with Gasteiger partial charge in [-0.1, -0.05) is 6.07 Å². The highest BCUT2D eigenvalue weighted by molar-refractivity contribution is 7.07. The predicted molar refractivity (Wildman–Crippen MR) is 95.3 cm³/mol. The van der Waals surface area contributed by atoms with E-state index >= 15 is 0 Å². The van der Waals surface area contributed by atoms with Crippen LogP contribution in [0, 0.1) is 0 Å². The molecule has 5 heteroatoms. The Morgan fingerprint density at radius 1 is 1.25 bits per heavy atom. The van der Waals surface area contributed by atoms with Crippen LogP contribution in [0.15, 0.2) is 53.4 Å². The topological polar surface area (TPSA) is 45.6 Å². The highest BCUT2D eigenvalue weighted by Gasteiger charge is 2.20. The number of nitrogens with zero attached hydrogens (tertiary/aromatic N) is 2. The SMILES string of the molecule is Oc1cc(-c2ccccn2)cc2c1OCCN(Cc1ccsc1)C2. The summed E-state index contributed by atoms with van der Waals surface area (Å²) in [4.78, 5) is 6.72. The fourth-order valence-corrected chi connectivity index (χ4v) is 3.67. The number of phenolic OH excluding ortho intramolecular Hbond substituents is 1. The van der Waals surface area contributed by atoms with Crippen molar-refractivity contribution in [2.45, 2.75) is 13.1 Å². The molecule has 1 N–H and O–H groups in total. The third kappa shape index (κ3) is 3.13. The van der Waals surface area contributed by atoms with Gasteiger partial charge in [0.1, 0.15) is 6.61 Å². The van der Waals surface area contributed by atoms with E-state index in [0.717, 1.165) is 36.5 Å². The van der Waals surface area contributed by atoms with Crippen LogP contribution in [-0.4, -0.2) is 28.1 Å². The summed E-state index contributed by atoms with van der Waals surface area (Å²) in [5.41, 5.74) is 4.08. The summed E-state index contributed by atoms with van der Waals surface area (Å²) in [5.74, 6) is 0.785. The van der Waals surface area contributed by atoms with Gasteiger partial charge in [0.2, 0.25) is 0 Å². The molecule has 3 heterocycles. The van der Waals surface area contributed by atoms with Gasteiger partial charge in [-0.25, -0.2) is 0 Å². The first-order chi connectivity index (χ1) is 11.8. The maximum Gasteiger partial charge on any atom is 0.165 e. The second-order valence-corrected chi connectivity index (χ2v) is 6.67. The molecule has 4 nitrogen and oxygen atoms in total. The lowest BCUT2D eigenvalue weighted by Gasteiger charge is -2.18. The number of hydrogen-bond donors (Lipinski definition) is 1. The van der Waals surface area contributed by atoms with Gasteiger partial charge in [-0.15, -0.1) is 0 Å². The van der Waals surface area contributed by atoms with Crippen molar-refractivity contribution < 1.29 is 9.84 Å². The Labute approximate surface area is 145 Å². The maximum atomic E-state index is 10.4. The molecule has 0 bridgehead atoms. The highest BCUT2D eigenvalue weighted by atomic mass is 32.1. The van der Waals surface area contributed by atoms with Crippen molar-refractivity contribution in [1.82, 2.24) is 9.88 Å². The Morgan fingerprint density at radius 2 is 2.21 bits per heavy atom. The minimum absolute atomic E-state index is 0.186. The van der Waals surface area contributed by atoms with E-state index in [4.69, 9.17) is 4.74 Å². The average molecular weight is 338 g/mol. The van der Waals surface area contributed by atoms with Crippen LogP contribution in [0.5, 0.6) is 11.5 Å².